The molecule has 16 heavy (non-hydrogen) atoms. The summed E-state index contributed by atoms with van der Waals surface area (Å²) in [6.45, 7) is 0.526. The topological polar surface area (TPSA) is 63.4 Å². The molecule has 1 aromatic carbocycles. The third-order valence-corrected chi connectivity index (χ3v) is 4.06. The predicted octanol–water partition coefficient (Wildman–Crippen LogP) is 1.42. The number of hydrogen-bond donors (Lipinski definition) is 1. The van der Waals surface area contributed by atoms with Crippen LogP contribution in [0.5, 0.6) is 0 Å². The molecule has 1 aromatic rings. The summed E-state index contributed by atoms with van der Waals surface area (Å²) in [4.78, 5) is 0. The summed E-state index contributed by atoms with van der Waals surface area (Å²) in [7, 11) is -3.59. The molecular formula is C11H16N2O2S. The first-order valence-electron chi connectivity index (χ1n) is 5.43. The van der Waals surface area contributed by atoms with E-state index in [1.165, 1.54) is 4.31 Å². The van der Waals surface area contributed by atoms with Crippen LogP contribution in [-0.2, 0) is 10.2 Å². The van der Waals surface area contributed by atoms with E-state index < -0.39 is 10.2 Å². The van der Waals surface area contributed by atoms with Gasteiger partial charge in [-0.25, -0.2) is 5.14 Å². The van der Waals surface area contributed by atoms with Crippen LogP contribution < -0.4 is 5.14 Å². The van der Waals surface area contributed by atoms with Crippen molar-refractivity contribution in [2.45, 2.75) is 25.3 Å². The zero-order chi connectivity index (χ0) is 11.6. The molecular weight excluding hydrogens is 224 g/mol. The molecule has 1 aliphatic heterocycles. The molecule has 2 N–H and O–H groups in total. The van der Waals surface area contributed by atoms with Gasteiger partial charge in [-0.1, -0.05) is 36.8 Å². The maximum Gasteiger partial charge on any atom is 0.277 e. The standard InChI is InChI=1S/C11H16N2O2S/c12-16(14,15)13-9-5-4-8-11(13)10-6-2-1-3-7-10/h1-3,6-7,11H,4-5,8-9H2,(H2,12,14,15). The average molecular weight is 240 g/mol. The summed E-state index contributed by atoms with van der Waals surface area (Å²) in [5.41, 5.74) is 1.02. The van der Waals surface area contributed by atoms with E-state index in [1.54, 1.807) is 0 Å². The first-order valence-corrected chi connectivity index (χ1v) is 6.94. The van der Waals surface area contributed by atoms with E-state index in [1.807, 2.05) is 30.3 Å². The van der Waals surface area contributed by atoms with Crippen molar-refractivity contribution in [3.05, 3.63) is 35.9 Å². The minimum atomic E-state index is -3.59. The maximum absolute atomic E-state index is 11.5. The molecule has 0 spiro atoms. The molecule has 4 nitrogen and oxygen atoms in total. The van der Waals surface area contributed by atoms with Gasteiger partial charge in [0.1, 0.15) is 0 Å². The highest BCUT2D eigenvalue weighted by molar-refractivity contribution is 7.86. The van der Waals surface area contributed by atoms with Crippen LogP contribution in [0.1, 0.15) is 30.9 Å². The van der Waals surface area contributed by atoms with Crippen molar-refractivity contribution in [1.82, 2.24) is 4.31 Å². The van der Waals surface area contributed by atoms with Crippen LogP contribution in [0, 0.1) is 0 Å². The van der Waals surface area contributed by atoms with E-state index in [0.29, 0.717) is 6.54 Å². The van der Waals surface area contributed by atoms with Crippen LogP contribution >= 0.6 is 0 Å². The zero-order valence-electron chi connectivity index (χ0n) is 9.04. The van der Waals surface area contributed by atoms with Crippen molar-refractivity contribution in [1.29, 1.82) is 0 Å². The van der Waals surface area contributed by atoms with Crippen LogP contribution in [0.15, 0.2) is 30.3 Å². The SMILES string of the molecule is NS(=O)(=O)N1CCCCC1c1ccccc1. The minimum absolute atomic E-state index is 0.0926. The number of hydrogen-bond acceptors (Lipinski definition) is 2. The van der Waals surface area contributed by atoms with Crippen molar-refractivity contribution in [2.75, 3.05) is 6.54 Å². The molecule has 0 bridgehead atoms. The fraction of sp³-hybridized carbons (Fsp3) is 0.455. The number of benzene rings is 1. The van der Waals surface area contributed by atoms with Gasteiger partial charge in [0.05, 0.1) is 6.04 Å². The Bertz CT molecular complexity index is 444. The van der Waals surface area contributed by atoms with Crippen molar-refractivity contribution < 1.29 is 8.42 Å². The van der Waals surface area contributed by atoms with E-state index in [0.717, 1.165) is 24.8 Å². The van der Waals surface area contributed by atoms with Gasteiger partial charge in [-0.15, -0.1) is 0 Å². The average Bonchev–Trinajstić information content (AvgIpc) is 2.29. The molecule has 88 valence electrons. The van der Waals surface area contributed by atoms with Gasteiger partial charge in [-0.3, -0.25) is 0 Å². The number of rotatable bonds is 2. The Hall–Kier alpha value is -0.910. The largest absolute Gasteiger partial charge is 0.277 e. The van der Waals surface area contributed by atoms with Gasteiger partial charge < -0.3 is 0 Å². The molecule has 1 aliphatic rings. The van der Waals surface area contributed by atoms with E-state index in [2.05, 4.69) is 0 Å². The van der Waals surface area contributed by atoms with Crippen LogP contribution in [0.2, 0.25) is 0 Å². The highest BCUT2D eigenvalue weighted by atomic mass is 32.2. The third-order valence-electron chi connectivity index (χ3n) is 2.96. The fourth-order valence-electron chi connectivity index (χ4n) is 2.22. The van der Waals surface area contributed by atoms with Crippen molar-refractivity contribution in [3.63, 3.8) is 0 Å². The van der Waals surface area contributed by atoms with Crippen LogP contribution in [0.4, 0.5) is 0 Å². The molecule has 1 atom stereocenters. The van der Waals surface area contributed by atoms with E-state index >= 15 is 0 Å². The Balaban J connectivity index is 2.31. The van der Waals surface area contributed by atoms with Gasteiger partial charge in [0, 0.05) is 6.54 Å². The van der Waals surface area contributed by atoms with Crippen molar-refractivity contribution in [2.24, 2.45) is 5.14 Å². The number of nitrogens with two attached hydrogens (primary N) is 1. The molecule has 1 saturated heterocycles. The van der Waals surface area contributed by atoms with Crippen LogP contribution in [0.3, 0.4) is 0 Å². The summed E-state index contributed by atoms with van der Waals surface area (Å²) in [5.74, 6) is 0. The second-order valence-electron chi connectivity index (χ2n) is 4.08. The van der Waals surface area contributed by atoms with Crippen molar-refractivity contribution in [3.8, 4) is 0 Å². The Morgan fingerprint density at radius 2 is 1.88 bits per heavy atom. The third kappa shape index (κ3) is 2.42. The van der Waals surface area contributed by atoms with Crippen molar-refractivity contribution >= 4 is 10.2 Å². The predicted molar refractivity (Wildman–Crippen MR) is 62.8 cm³/mol. The molecule has 0 radical (unpaired) electrons. The molecule has 2 rings (SSSR count). The van der Waals surface area contributed by atoms with E-state index in [9.17, 15) is 8.42 Å². The monoisotopic (exact) mass is 240 g/mol. The fourth-order valence-corrected chi connectivity index (χ4v) is 3.18. The second-order valence-corrected chi connectivity index (χ2v) is 5.58. The Morgan fingerprint density at radius 1 is 1.19 bits per heavy atom. The quantitative estimate of drug-likeness (QED) is 0.849. The lowest BCUT2D eigenvalue weighted by molar-refractivity contribution is 0.256. The van der Waals surface area contributed by atoms with Gasteiger partial charge >= 0.3 is 0 Å². The summed E-state index contributed by atoms with van der Waals surface area (Å²) in [6.07, 6.45) is 2.78. The molecule has 1 fully saturated rings. The molecule has 0 aromatic heterocycles. The molecule has 0 amide bonds. The zero-order valence-corrected chi connectivity index (χ0v) is 9.86. The summed E-state index contributed by atoms with van der Waals surface area (Å²) in [5, 5.41) is 5.24. The van der Waals surface area contributed by atoms with Gasteiger partial charge in [0.25, 0.3) is 10.2 Å². The smallest absolute Gasteiger partial charge is 0.216 e. The van der Waals surface area contributed by atoms with Crippen LogP contribution in [-0.4, -0.2) is 19.3 Å². The van der Waals surface area contributed by atoms with E-state index in [-0.39, 0.29) is 6.04 Å². The van der Waals surface area contributed by atoms with Crippen LogP contribution in [0.25, 0.3) is 0 Å². The highest BCUT2D eigenvalue weighted by Crippen LogP contribution is 2.31. The molecule has 0 aliphatic carbocycles. The van der Waals surface area contributed by atoms with E-state index in [4.69, 9.17) is 5.14 Å². The molecule has 5 heteroatoms. The Labute approximate surface area is 96.2 Å². The Kier molecular flexibility index (Phi) is 3.28. The Morgan fingerprint density at radius 3 is 2.50 bits per heavy atom. The summed E-state index contributed by atoms with van der Waals surface area (Å²) >= 11 is 0. The maximum atomic E-state index is 11.5. The summed E-state index contributed by atoms with van der Waals surface area (Å²) in [6, 6.07) is 9.58. The lowest BCUT2D eigenvalue weighted by Crippen LogP contribution is -2.42. The van der Waals surface area contributed by atoms with Gasteiger partial charge in [-0.05, 0) is 18.4 Å². The van der Waals surface area contributed by atoms with Gasteiger partial charge in [-0.2, -0.15) is 12.7 Å². The second kappa shape index (κ2) is 4.53. The molecule has 0 saturated carbocycles. The highest BCUT2D eigenvalue weighted by Gasteiger charge is 2.30. The lowest BCUT2D eigenvalue weighted by atomic mass is 9.98. The van der Waals surface area contributed by atoms with Gasteiger partial charge in [0.15, 0.2) is 0 Å². The molecule has 1 unspecified atom stereocenters. The minimum Gasteiger partial charge on any atom is -0.216 e. The lowest BCUT2D eigenvalue weighted by Gasteiger charge is -2.33. The van der Waals surface area contributed by atoms with Gasteiger partial charge in [0.2, 0.25) is 0 Å². The summed E-state index contributed by atoms with van der Waals surface area (Å²) < 4.78 is 24.4. The first-order chi connectivity index (χ1) is 7.59. The number of piperidine rings is 1. The first kappa shape index (κ1) is 11.6. The number of nitrogens with zero attached hydrogens (tertiary/aromatic N) is 1. The normalized spacial score (nSPS) is 23.2. The molecule has 1 heterocycles.